The summed E-state index contributed by atoms with van der Waals surface area (Å²) in [5, 5.41) is 0. The number of benzene rings is 1. The summed E-state index contributed by atoms with van der Waals surface area (Å²) in [6, 6.07) is 2.87. The molecule has 6 nitrogen and oxygen atoms in total. The molecule has 1 aromatic carbocycles. The van der Waals surface area contributed by atoms with Gasteiger partial charge in [0.25, 0.3) is 0 Å². The van der Waals surface area contributed by atoms with Gasteiger partial charge in [-0.2, -0.15) is 0 Å². The first kappa shape index (κ1) is 8.95. The topological polar surface area (TPSA) is 87.9 Å². The first-order chi connectivity index (χ1) is 6.53. The number of nitrogen functional groups attached to an aromatic ring is 1. The van der Waals surface area contributed by atoms with Gasteiger partial charge >= 0.3 is 10.4 Å². The second kappa shape index (κ2) is 2.68. The molecule has 14 heavy (non-hydrogen) atoms. The number of fused-ring (bicyclic) bond motifs is 1. The fourth-order valence-electron chi connectivity index (χ4n) is 1.14. The predicted molar refractivity (Wildman–Crippen MR) is 47.6 cm³/mol. The maximum absolute atomic E-state index is 10.9. The van der Waals surface area contributed by atoms with Crippen molar-refractivity contribution in [3.05, 3.63) is 12.1 Å². The molecule has 1 heterocycles. The zero-order valence-electron chi connectivity index (χ0n) is 7.18. The molecule has 0 saturated carbocycles. The monoisotopic (exact) mass is 217 g/mol. The molecule has 1 aromatic rings. The third kappa shape index (κ3) is 1.22. The summed E-state index contributed by atoms with van der Waals surface area (Å²) in [4.78, 5) is 0. The van der Waals surface area contributed by atoms with E-state index in [4.69, 9.17) is 10.5 Å². The van der Waals surface area contributed by atoms with Crippen molar-refractivity contribution in [2.75, 3.05) is 12.8 Å². The first-order valence-electron chi connectivity index (χ1n) is 3.64. The van der Waals surface area contributed by atoms with Gasteiger partial charge in [-0.15, -0.1) is 8.42 Å². The van der Waals surface area contributed by atoms with Gasteiger partial charge in [-0.25, -0.2) is 0 Å². The van der Waals surface area contributed by atoms with Crippen LogP contribution in [0.15, 0.2) is 12.1 Å². The van der Waals surface area contributed by atoms with Gasteiger partial charge in [0.1, 0.15) is 0 Å². The Bertz CT molecular complexity index is 481. The van der Waals surface area contributed by atoms with Crippen LogP contribution in [0.5, 0.6) is 17.2 Å². The molecule has 1 aliphatic heterocycles. The van der Waals surface area contributed by atoms with Crippen molar-refractivity contribution in [3.8, 4) is 17.2 Å². The molecule has 0 amide bonds. The number of hydrogen-bond donors (Lipinski definition) is 1. The van der Waals surface area contributed by atoms with Crippen molar-refractivity contribution in [3.63, 3.8) is 0 Å². The number of methoxy groups -OCH3 is 1. The highest BCUT2D eigenvalue weighted by atomic mass is 32.3. The summed E-state index contributed by atoms with van der Waals surface area (Å²) in [6.45, 7) is 0. The smallest absolute Gasteiger partial charge is 0.491 e. The largest absolute Gasteiger partial charge is 0.501 e. The normalized spacial score (nSPS) is 16.6. The van der Waals surface area contributed by atoms with E-state index in [0.717, 1.165) is 0 Å². The van der Waals surface area contributed by atoms with E-state index in [-0.39, 0.29) is 22.9 Å². The third-order valence-electron chi connectivity index (χ3n) is 1.69. The summed E-state index contributed by atoms with van der Waals surface area (Å²) in [7, 11) is -2.63. The van der Waals surface area contributed by atoms with Crippen molar-refractivity contribution in [1.82, 2.24) is 0 Å². The molecule has 0 atom stereocenters. The van der Waals surface area contributed by atoms with Crippen LogP contribution in [0.1, 0.15) is 0 Å². The minimum atomic E-state index is -3.99. The summed E-state index contributed by atoms with van der Waals surface area (Å²) >= 11 is 0. The lowest BCUT2D eigenvalue weighted by atomic mass is 10.2. The Labute approximate surface area is 80.5 Å². The lowest BCUT2D eigenvalue weighted by Crippen LogP contribution is -2.08. The van der Waals surface area contributed by atoms with Gasteiger partial charge in [-0.1, -0.05) is 0 Å². The van der Waals surface area contributed by atoms with Crippen molar-refractivity contribution < 1.29 is 21.5 Å². The lowest BCUT2D eigenvalue weighted by molar-refractivity contribution is 0.393. The number of ether oxygens (including phenoxy) is 1. The average molecular weight is 217 g/mol. The maximum atomic E-state index is 10.9. The van der Waals surface area contributed by atoms with Gasteiger partial charge in [-0.3, -0.25) is 0 Å². The molecule has 0 unspecified atom stereocenters. The van der Waals surface area contributed by atoms with Crippen molar-refractivity contribution >= 4 is 16.1 Å². The van der Waals surface area contributed by atoms with E-state index in [0.29, 0.717) is 0 Å². The van der Waals surface area contributed by atoms with Crippen LogP contribution in [-0.4, -0.2) is 15.5 Å². The van der Waals surface area contributed by atoms with Crippen LogP contribution < -0.4 is 18.8 Å². The molecular formula is C7H7NO5S. The molecule has 0 fully saturated rings. The molecule has 76 valence electrons. The van der Waals surface area contributed by atoms with Crippen molar-refractivity contribution in [2.45, 2.75) is 0 Å². The van der Waals surface area contributed by atoms with Gasteiger partial charge in [0.05, 0.1) is 12.8 Å². The maximum Gasteiger partial charge on any atom is 0.501 e. The van der Waals surface area contributed by atoms with Gasteiger partial charge < -0.3 is 18.8 Å². The second-order valence-corrected chi connectivity index (χ2v) is 3.74. The highest BCUT2D eigenvalue weighted by molar-refractivity contribution is 7.82. The summed E-state index contributed by atoms with van der Waals surface area (Å²) < 4.78 is 35.8. The fourth-order valence-corrected chi connectivity index (χ4v) is 1.89. The number of rotatable bonds is 1. The van der Waals surface area contributed by atoms with Gasteiger partial charge in [0, 0.05) is 0 Å². The molecule has 0 saturated heterocycles. The number of hydrogen-bond acceptors (Lipinski definition) is 6. The average Bonchev–Trinajstić information content (AvgIpc) is 2.39. The predicted octanol–water partition coefficient (Wildman–Crippen LogP) is 0.293. The summed E-state index contributed by atoms with van der Waals surface area (Å²) in [6.07, 6.45) is 0. The zero-order valence-corrected chi connectivity index (χ0v) is 8.00. The third-order valence-corrected chi connectivity index (χ3v) is 2.44. The van der Waals surface area contributed by atoms with Gasteiger partial charge in [0.15, 0.2) is 11.5 Å². The molecule has 0 aliphatic carbocycles. The molecular weight excluding hydrogens is 210 g/mol. The Morgan fingerprint density at radius 2 is 2.07 bits per heavy atom. The van der Waals surface area contributed by atoms with E-state index >= 15 is 0 Å². The van der Waals surface area contributed by atoms with Crippen molar-refractivity contribution in [1.29, 1.82) is 0 Å². The Kier molecular flexibility index (Phi) is 1.71. The van der Waals surface area contributed by atoms with Crippen LogP contribution in [-0.2, 0) is 10.4 Å². The van der Waals surface area contributed by atoms with Gasteiger partial charge in [-0.05, 0) is 12.1 Å². The molecule has 0 spiro atoms. The van der Waals surface area contributed by atoms with Crippen LogP contribution in [0.25, 0.3) is 0 Å². The molecule has 2 N–H and O–H groups in total. The summed E-state index contributed by atoms with van der Waals surface area (Å²) in [5.74, 6) is 0.229. The fraction of sp³-hybridized carbons (Fsp3) is 0.143. The Morgan fingerprint density at radius 3 is 2.71 bits per heavy atom. The second-order valence-electron chi connectivity index (χ2n) is 2.59. The Morgan fingerprint density at radius 1 is 1.36 bits per heavy atom. The van der Waals surface area contributed by atoms with E-state index in [1.54, 1.807) is 0 Å². The number of nitrogens with two attached hydrogens (primary N) is 1. The molecule has 0 aromatic heterocycles. The van der Waals surface area contributed by atoms with Crippen LogP contribution >= 0.6 is 0 Å². The van der Waals surface area contributed by atoms with Crippen LogP contribution in [0.4, 0.5) is 5.69 Å². The Hall–Kier alpha value is -1.63. The van der Waals surface area contributed by atoms with Crippen molar-refractivity contribution in [2.24, 2.45) is 0 Å². The van der Waals surface area contributed by atoms with E-state index in [1.165, 1.54) is 19.2 Å². The first-order valence-corrected chi connectivity index (χ1v) is 4.97. The van der Waals surface area contributed by atoms with E-state index in [2.05, 4.69) is 8.37 Å². The minimum absolute atomic E-state index is 0.00694. The quantitative estimate of drug-likeness (QED) is 0.680. The van der Waals surface area contributed by atoms with Crippen LogP contribution in [0.3, 0.4) is 0 Å². The van der Waals surface area contributed by atoms with E-state index < -0.39 is 10.4 Å². The minimum Gasteiger partial charge on any atom is -0.491 e. The zero-order chi connectivity index (χ0) is 10.3. The molecule has 0 bridgehead atoms. The van der Waals surface area contributed by atoms with Crippen LogP contribution in [0, 0.1) is 0 Å². The molecule has 1 aliphatic rings. The van der Waals surface area contributed by atoms with E-state index in [9.17, 15) is 8.42 Å². The lowest BCUT2D eigenvalue weighted by Gasteiger charge is -2.04. The Balaban J connectivity index is 2.63. The standard InChI is InChI=1S/C7H7NO5S/c1-11-6-4(8)2-3-5-7(6)13-14(9,10)12-5/h2-3H,8H2,1H3. The molecule has 2 rings (SSSR count). The molecule has 0 radical (unpaired) electrons. The molecule has 7 heteroatoms. The highest BCUT2D eigenvalue weighted by Gasteiger charge is 2.32. The summed E-state index contributed by atoms with van der Waals surface area (Å²) in [5.41, 5.74) is 5.82. The van der Waals surface area contributed by atoms with Crippen LogP contribution in [0.2, 0.25) is 0 Å². The number of anilines is 1. The SMILES string of the molecule is COc1c(N)ccc2c1OS(=O)(=O)O2. The highest BCUT2D eigenvalue weighted by Crippen LogP contribution is 2.46. The van der Waals surface area contributed by atoms with Gasteiger partial charge in [0.2, 0.25) is 5.75 Å². The van der Waals surface area contributed by atoms with E-state index in [1.807, 2.05) is 0 Å².